The molecule has 26 heavy (non-hydrogen) atoms. The second-order valence-electron chi connectivity index (χ2n) is 6.41. The normalized spacial score (nSPS) is 20.8. The number of hydrogen-bond acceptors (Lipinski definition) is 4. The number of amides is 2. The summed E-state index contributed by atoms with van der Waals surface area (Å²) in [6, 6.07) is 10.6. The van der Waals surface area contributed by atoms with Gasteiger partial charge in [0, 0.05) is 10.7 Å². The van der Waals surface area contributed by atoms with E-state index in [9.17, 15) is 9.59 Å². The molecule has 2 heterocycles. The van der Waals surface area contributed by atoms with Crippen LogP contribution < -0.4 is 20.1 Å². The SMILES string of the molecule is CC1Oc2ccc(NC(=O)C3COc4ccc(Cl)cc4C3)cc2NC1=O. The Hall–Kier alpha value is -2.73. The molecule has 2 atom stereocenters. The van der Waals surface area contributed by atoms with Gasteiger partial charge in [0.05, 0.1) is 11.6 Å². The highest BCUT2D eigenvalue weighted by molar-refractivity contribution is 6.30. The van der Waals surface area contributed by atoms with E-state index in [-0.39, 0.29) is 17.7 Å². The highest BCUT2D eigenvalue weighted by Gasteiger charge is 2.27. The number of nitrogens with one attached hydrogen (secondary N) is 2. The molecule has 2 N–H and O–H groups in total. The molecule has 0 aliphatic carbocycles. The molecule has 2 aromatic carbocycles. The van der Waals surface area contributed by atoms with E-state index in [0.29, 0.717) is 35.2 Å². The number of halogens is 1. The number of benzene rings is 2. The molecule has 4 rings (SSSR count). The lowest BCUT2D eigenvalue weighted by atomic mass is 9.96. The Morgan fingerprint density at radius 3 is 2.88 bits per heavy atom. The monoisotopic (exact) mass is 372 g/mol. The van der Waals surface area contributed by atoms with Crippen molar-refractivity contribution in [3.05, 3.63) is 47.0 Å². The fraction of sp³-hybridized carbons (Fsp3) is 0.263. The van der Waals surface area contributed by atoms with Crippen molar-refractivity contribution in [2.24, 2.45) is 5.92 Å². The number of ether oxygens (including phenoxy) is 2. The van der Waals surface area contributed by atoms with E-state index >= 15 is 0 Å². The number of anilines is 2. The van der Waals surface area contributed by atoms with E-state index < -0.39 is 6.10 Å². The van der Waals surface area contributed by atoms with E-state index in [1.807, 2.05) is 12.1 Å². The Balaban J connectivity index is 1.47. The van der Waals surface area contributed by atoms with Crippen molar-refractivity contribution in [2.45, 2.75) is 19.4 Å². The van der Waals surface area contributed by atoms with Gasteiger partial charge in [-0.2, -0.15) is 0 Å². The number of carbonyl (C=O) groups excluding carboxylic acids is 2. The summed E-state index contributed by atoms with van der Waals surface area (Å²) in [5.41, 5.74) is 2.05. The maximum Gasteiger partial charge on any atom is 0.265 e. The molecule has 6 nitrogen and oxygen atoms in total. The lowest BCUT2D eigenvalue weighted by Gasteiger charge is -2.26. The first-order valence-electron chi connectivity index (χ1n) is 8.33. The molecular formula is C19H17ClN2O4. The van der Waals surface area contributed by atoms with Gasteiger partial charge in [0.25, 0.3) is 5.91 Å². The molecule has 0 aromatic heterocycles. The molecule has 7 heteroatoms. The van der Waals surface area contributed by atoms with Gasteiger partial charge in [-0.3, -0.25) is 9.59 Å². The van der Waals surface area contributed by atoms with Gasteiger partial charge in [0.15, 0.2) is 6.10 Å². The van der Waals surface area contributed by atoms with Crippen molar-refractivity contribution < 1.29 is 19.1 Å². The Labute approximate surface area is 155 Å². The zero-order chi connectivity index (χ0) is 18.3. The predicted molar refractivity (Wildman–Crippen MR) is 97.9 cm³/mol. The Bertz CT molecular complexity index is 899. The van der Waals surface area contributed by atoms with Crippen molar-refractivity contribution >= 4 is 34.8 Å². The summed E-state index contributed by atoms with van der Waals surface area (Å²) in [6.45, 7) is 1.99. The average molecular weight is 373 g/mol. The van der Waals surface area contributed by atoms with Crippen molar-refractivity contribution in [3.8, 4) is 11.5 Å². The number of rotatable bonds is 2. The molecule has 0 bridgehead atoms. The van der Waals surface area contributed by atoms with Crippen molar-refractivity contribution in [3.63, 3.8) is 0 Å². The molecule has 0 radical (unpaired) electrons. The first kappa shape index (κ1) is 16.7. The van der Waals surface area contributed by atoms with Crippen LogP contribution in [0.5, 0.6) is 11.5 Å². The van der Waals surface area contributed by atoms with Gasteiger partial charge in [0.1, 0.15) is 18.1 Å². The highest BCUT2D eigenvalue weighted by Crippen LogP contribution is 2.33. The smallest absolute Gasteiger partial charge is 0.265 e. The van der Waals surface area contributed by atoms with Crippen molar-refractivity contribution in [1.82, 2.24) is 0 Å². The second kappa shape index (κ2) is 6.53. The van der Waals surface area contributed by atoms with Crippen LogP contribution >= 0.6 is 11.6 Å². The minimum Gasteiger partial charge on any atom is -0.492 e. The van der Waals surface area contributed by atoms with Crippen molar-refractivity contribution in [1.29, 1.82) is 0 Å². The number of carbonyl (C=O) groups is 2. The quantitative estimate of drug-likeness (QED) is 0.848. The fourth-order valence-electron chi connectivity index (χ4n) is 3.06. The van der Waals surface area contributed by atoms with Crippen molar-refractivity contribution in [2.75, 3.05) is 17.2 Å². The van der Waals surface area contributed by atoms with Crippen LogP contribution in [-0.2, 0) is 16.0 Å². The van der Waals surface area contributed by atoms with Crippen LogP contribution in [0.3, 0.4) is 0 Å². The summed E-state index contributed by atoms with van der Waals surface area (Å²) in [5.74, 6) is 0.672. The largest absolute Gasteiger partial charge is 0.492 e. The molecule has 2 aliphatic rings. The fourth-order valence-corrected chi connectivity index (χ4v) is 3.26. The minimum atomic E-state index is -0.533. The van der Waals surface area contributed by atoms with Gasteiger partial charge in [-0.05, 0) is 55.3 Å². The topological polar surface area (TPSA) is 76.7 Å². The van der Waals surface area contributed by atoms with Crippen LogP contribution in [0, 0.1) is 5.92 Å². The third kappa shape index (κ3) is 3.20. The van der Waals surface area contributed by atoms with E-state index in [0.717, 1.165) is 11.3 Å². The summed E-state index contributed by atoms with van der Waals surface area (Å²) in [4.78, 5) is 24.3. The van der Waals surface area contributed by atoms with Gasteiger partial charge < -0.3 is 20.1 Å². The molecule has 0 spiro atoms. The molecule has 134 valence electrons. The van der Waals surface area contributed by atoms with Crippen LogP contribution in [0.1, 0.15) is 12.5 Å². The van der Waals surface area contributed by atoms with E-state index in [2.05, 4.69) is 10.6 Å². The molecule has 2 amide bonds. The summed E-state index contributed by atoms with van der Waals surface area (Å²) in [7, 11) is 0. The summed E-state index contributed by atoms with van der Waals surface area (Å²) in [6.07, 6.45) is 0.0264. The van der Waals surface area contributed by atoms with Gasteiger partial charge in [-0.25, -0.2) is 0 Å². The van der Waals surface area contributed by atoms with Crippen LogP contribution in [0.25, 0.3) is 0 Å². The first-order chi connectivity index (χ1) is 12.5. The van der Waals surface area contributed by atoms with E-state index in [1.165, 1.54) is 0 Å². The zero-order valence-electron chi connectivity index (χ0n) is 14.0. The molecule has 2 unspecified atom stereocenters. The molecule has 0 saturated carbocycles. The first-order valence-corrected chi connectivity index (χ1v) is 8.71. The lowest BCUT2D eigenvalue weighted by molar-refractivity contribution is -0.123. The van der Waals surface area contributed by atoms with Crippen LogP contribution in [0.2, 0.25) is 5.02 Å². The summed E-state index contributed by atoms with van der Waals surface area (Å²) >= 11 is 6.02. The Morgan fingerprint density at radius 2 is 2.04 bits per heavy atom. The Morgan fingerprint density at radius 1 is 1.23 bits per heavy atom. The molecular weight excluding hydrogens is 356 g/mol. The Kier molecular flexibility index (Phi) is 4.20. The maximum absolute atomic E-state index is 12.6. The molecule has 0 fully saturated rings. The van der Waals surface area contributed by atoms with Gasteiger partial charge >= 0.3 is 0 Å². The maximum atomic E-state index is 12.6. The summed E-state index contributed by atoms with van der Waals surface area (Å²) in [5, 5.41) is 6.26. The van der Waals surface area contributed by atoms with Crippen LogP contribution in [-0.4, -0.2) is 24.5 Å². The van der Waals surface area contributed by atoms with Gasteiger partial charge in [-0.1, -0.05) is 11.6 Å². The third-order valence-corrected chi connectivity index (χ3v) is 4.71. The van der Waals surface area contributed by atoms with Gasteiger partial charge in [-0.15, -0.1) is 0 Å². The summed E-state index contributed by atoms with van der Waals surface area (Å²) < 4.78 is 11.2. The van der Waals surface area contributed by atoms with E-state index in [4.69, 9.17) is 21.1 Å². The van der Waals surface area contributed by atoms with E-state index in [1.54, 1.807) is 31.2 Å². The van der Waals surface area contributed by atoms with Gasteiger partial charge in [0.2, 0.25) is 5.91 Å². The minimum absolute atomic E-state index is 0.146. The predicted octanol–water partition coefficient (Wildman–Crippen LogP) is 3.25. The highest BCUT2D eigenvalue weighted by atomic mass is 35.5. The molecule has 2 aromatic rings. The molecule has 2 aliphatic heterocycles. The lowest BCUT2D eigenvalue weighted by Crippen LogP contribution is -2.34. The number of hydrogen-bond donors (Lipinski definition) is 2. The number of fused-ring (bicyclic) bond motifs is 2. The third-order valence-electron chi connectivity index (χ3n) is 4.48. The molecule has 0 saturated heterocycles. The van der Waals surface area contributed by atoms with Crippen LogP contribution in [0.15, 0.2) is 36.4 Å². The second-order valence-corrected chi connectivity index (χ2v) is 6.85. The average Bonchev–Trinajstić information content (AvgIpc) is 2.62. The standard InChI is InChI=1S/C19H17ClN2O4/c1-10-18(23)22-15-8-14(3-5-17(15)26-10)21-19(24)12-6-11-7-13(20)2-4-16(11)25-9-12/h2-5,7-8,10,12H,6,9H2,1H3,(H,21,24)(H,22,23). The van der Waals surface area contributed by atoms with Crippen LogP contribution in [0.4, 0.5) is 11.4 Å². The zero-order valence-corrected chi connectivity index (χ0v) is 14.8.